The number of carbonyl (C=O) groups excluding carboxylic acids is 2. The fraction of sp³-hybridized carbons (Fsp3) is 0.261. The first kappa shape index (κ1) is 18.1. The van der Waals surface area contributed by atoms with E-state index in [2.05, 4.69) is 17.3 Å². The van der Waals surface area contributed by atoms with Gasteiger partial charge in [0.05, 0.1) is 18.1 Å². The van der Waals surface area contributed by atoms with Gasteiger partial charge in [-0.05, 0) is 48.1 Å². The lowest BCUT2D eigenvalue weighted by Crippen LogP contribution is -2.28. The number of nitrogens with zero attached hydrogens (tertiary/aromatic N) is 2. The Morgan fingerprint density at radius 1 is 1.00 bits per heavy atom. The van der Waals surface area contributed by atoms with Crippen LogP contribution in [0.2, 0.25) is 5.02 Å². The van der Waals surface area contributed by atoms with Crippen molar-refractivity contribution in [3.05, 3.63) is 76.8 Å². The third-order valence-electron chi connectivity index (χ3n) is 5.99. The smallest absolute Gasteiger partial charge is 0.254 e. The Labute approximate surface area is 173 Å². The molecular formula is C23H19ClN2O3. The summed E-state index contributed by atoms with van der Waals surface area (Å²) in [6.45, 7) is 0.378. The maximum atomic E-state index is 12.7. The monoisotopic (exact) mass is 406 g/mol. The highest BCUT2D eigenvalue weighted by Gasteiger charge is 2.59. The van der Waals surface area contributed by atoms with Crippen molar-refractivity contribution in [1.82, 2.24) is 5.01 Å². The summed E-state index contributed by atoms with van der Waals surface area (Å²) < 4.78 is 5.92. The number of halogens is 1. The van der Waals surface area contributed by atoms with Crippen molar-refractivity contribution in [2.24, 2.45) is 28.8 Å². The summed E-state index contributed by atoms with van der Waals surface area (Å²) >= 11 is 5.92. The minimum Gasteiger partial charge on any atom is -0.488 e. The summed E-state index contributed by atoms with van der Waals surface area (Å²) in [7, 11) is 0. The normalized spacial score (nSPS) is 27.3. The van der Waals surface area contributed by atoms with Gasteiger partial charge < -0.3 is 4.74 Å². The van der Waals surface area contributed by atoms with Gasteiger partial charge in [-0.1, -0.05) is 48.0 Å². The van der Waals surface area contributed by atoms with Gasteiger partial charge in [0.25, 0.3) is 11.8 Å². The summed E-state index contributed by atoms with van der Waals surface area (Å²) in [6.07, 6.45) is 6.59. The molecular weight excluding hydrogens is 388 g/mol. The van der Waals surface area contributed by atoms with E-state index < -0.39 is 0 Å². The van der Waals surface area contributed by atoms with Crippen LogP contribution in [-0.4, -0.2) is 23.0 Å². The van der Waals surface area contributed by atoms with Gasteiger partial charge in [0.1, 0.15) is 12.4 Å². The number of para-hydroxylation sites is 1. The molecule has 29 heavy (non-hydrogen) atoms. The molecule has 2 amide bonds. The number of benzene rings is 2. The van der Waals surface area contributed by atoms with E-state index in [9.17, 15) is 9.59 Å². The topological polar surface area (TPSA) is 59.0 Å². The molecule has 3 aliphatic rings. The fourth-order valence-electron chi connectivity index (χ4n) is 4.58. The number of allylic oxidation sites excluding steroid dienone is 2. The predicted molar refractivity (Wildman–Crippen MR) is 109 cm³/mol. The SMILES string of the molecule is O=C1[C@H]2[C@H](C(=O)N1/N=C\c1ccccc1OCc1ccc(Cl)cc1)[C@H]1C=C[C@H]2C1. The van der Waals surface area contributed by atoms with Crippen LogP contribution in [0.15, 0.2) is 65.8 Å². The van der Waals surface area contributed by atoms with Crippen molar-refractivity contribution in [2.45, 2.75) is 13.0 Å². The van der Waals surface area contributed by atoms with E-state index in [4.69, 9.17) is 16.3 Å². The first-order chi connectivity index (χ1) is 14.1. The standard InChI is InChI=1S/C23H19ClN2O3/c24-18-9-5-14(6-10-18)13-29-19-4-2-1-3-17(19)12-25-26-22(27)20-15-7-8-16(11-15)21(20)23(26)28/h1-10,12,15-16,20-21H,11,13H2/b25-12-/t15-,16-,20+,21+/m0/s1. The number of hydrogen-bond acceptors (Lipinski definition) is 4. The first-order valence-electron chi connectivity index (χ1n) is 9.68. The fourth-order valence-corrected chi connectivity index (χ4v) is 4.71. The third-order valence-corrected chi connectivity index (χ3v) is 6.24. The second-order valence-electron chi connectivity index (χ2n) is 7.69. The predicted octanol–water partition coefficient (Wildman–Crippen LogP) is 4.06. The van der Waals surface area contributed by atoms with E-state index in [0.29, 0.717) is 22.9 Å². The van der Waals surface area contributed by atoms with E-state index in [1.807, 2.05) is 48.5 Å². The van der Waals surface area contributed by atoms with Gasteiger partial charge in [0.2, 0.25) is 0 Å². The van der Waals surface area contributed by atoms with Gasteiger partial charge in [-0.2, -0.15) is 10.1 Å². The van der Waals surface area contributed by atoms with Gasteiger partial charge in [0, 0.05) is 10.6 Å². The Kier molecular flexibility index (Phi) is 4.47. The lowest BCUT2D eigenvalue weighted by atomic mass is 9.85. The van der Waals surface area contributed by atoms with E-state index in [1.54, 1.807) is 0 Å². The largest absolute Gasteiger partial charge is 0.488 e. The van der Waals surface area contributed by atoms with Crippen molar-refractivity contribution in [3.8, 4) is 5.75 Å². The van der Waals surface area contributed by atoms with Crippen LogP contribution in [0, 0.1) is 23.7 Å². The summed E-state index contributed by atoms with van der Waals surface area (Å²) in [4.78, 5) is 25.5. The molecule has 2 aromatic rings. The highest BCUT2D eigenvalue weighted by molar-refractivity contribution is 6.30. The average molecular weight is 407 g/mol. The number of hydrogen-bond donors (Lipinski definition) is 0. The van der Waals surface area contributed by atoms with Crippen LogP contribution in [0.4, 0.5) is 0 Å². The molecule has 1 saturated carbocycles. The number of rotatable bonds is 5. The zero-order valence-electron chi connectivity index (χ0n) is 15.6. The molecule has 0 aromatic heterocycles. The molecule has 2 aromatic carbocycles. The highest BCUT2D eigenvalue weighted by Crippen LogP contribution is 2.52. The highest BCUT2D eigenvalue weighted by atomic mass is 35.5. The molecule has 0 spiro atoms. The molecule has 4 atom stereocenters. The Hall–Kier alpha value is -2.92. The minimum absolute atomic E-state index is 0.177. The Morgan fingerprint density at radius 2 is 1.66 bits per heavy atom. The summed E-state index contributed by atoms with van der Waals surface area (Å²) in [5.41, 5.74) is 1.70. The van der Waals surface area contributed by atoms with E-state index in [0.717, 1.165) is 17.0 Å². The molecule has 1 heterocycles. The van der Waals surface area contributed by atoms with Gasteiger partial charge >= 0.3 is 0 Å². The second kappa shape index (κ2) is 7.16. The minimum atomic E-state index is -0.244. The van der Waals surface area contributed by atoms with Gasteiger partial charge in [0.15, 0.2) is 0 Å². The van der Waals surface area contributed by atoms with Crippen molar-refractivity contribution in [3.63, 3.8) is 0 Å². The van der Waals surface area contributed by atoms with E-state index >= 15 is 0 Å². The van der Waals surface area contributed by atoms with Crippen molar-refractivity contribution < 1.29 is 14.3 Å². The molecule has 146 valence electrons. The lowest BCUT2D eigenvalue weighted by Gasteiger charge is -2.13. The molecule has 5 rings (SSSR count). The molecule has 2 bridgehead atoms. The van der Waals surface area contributed by atoms with Crippen LogP contribution < -0.4 is 4.74 Å². The number of amides is 2. The maximum Gasteiger partial charge on any atom is 0.254 e. The summed E-state index contributed by atoms with van der Waals surface area (Å²) in [5.74, 6) is 0.123. The van der Waals surface area contributed by atoms with Crippen LogP contribution in [0.1, 0.15) is 17.5 Å². The van der Waals surface area contributed by atoms with Crippen molar-refractivity contribution in [1.29, 1.82) is 0 Å². The average Bonchev–Trinajstić information content (AvgIpc) is 3.41. The van der Waals surface area contributed by atoms with Crippen LogP contribution in [0.25, 0.3) is 0 Å². The molecule has 6 heteroatoms. The summed E-state index contributed by atoms with van der Waals surface area (Å²) in [5, 5.41) is 5.97. The van der Waals surface area contributed by atoms with Crippen molar-refractivity contribution in [2.75, 3.05) is 0 Å². The second-order valence-corrected chi connectivity index (χ2v) is 8.12. The molecule has 5 nitrogen and oxygen atoms in total. The molecule has 1 aliphatic heterocycles. The Morgan fingerprint density at radius 3 is 2.34 bits per heavy atom. The van der Waals surface area contributed by atoms with Crippen LogP contribution >= 0.6 is 11.6 Å². The quantitative estimate of drug-likeness (QED) is 0.427. The number of fused-ring (bicyclic) bond motifs is 5. The van der Waals surface area contributed by atoms with E-state index in [-0.39, 0.29) is 35.5 Å². The molecule has 1 saturated heterocycles. The van der Waals surface area contributed by atoms with Gasteiger partial charge in [-0.25, -0.2) is 0 Å². The Bertz CT molecular complexity index is 1000. The molecule has 2 aliphatic carbocycles. The maximum absolute atomic E-state index is 12.7. The zero-order valence-corrected chi connectivity index (χ0v) is 16.3. The van der Waals surface area contributed by atoms with Gasteiger partial charge in [-0.15, -0.1) is 0 Å². The number of ether oxygens (including phenoxy) is 1. The lowest BCUT2D eigenvalue weighted by molar-refractivity contribution is -0.140. The molecule has 0 N–H and O–H groups in total. The summed E-state index contributed by atoms with van der Waals surface area (Å²) in [6, 6.07) is 14.9. The number of hydrazone groups is 1. The number of imide groups is 1. The third kappa shape index (κ3) is 3.15. The van der Waals surface area contributed by atoms with Crippen LogP contribution in [0.3, 0.4) is 0 Å². The zero-order chi connectivity index (χ0) is 20.0. The molecule has 2 fully saturated rings. The molecule has 0 radical (unpaired) electrons. The molecule has 0 unspecified atom stereocenters. The van der Waals surface area contributed by atoms with Gasteiger partial charge in [-0.3, -0.25) is 9.59 Å². The van der Waals surface area contributed by atoms with Crippen molar-refractivity contribution >= 4 is 29.6 Å². The van der Waals surface area contributed by atoms with Crippen LogP contribution in [0.5, 0.6) is 5.75 Å². The number of carbonyl (C=O) groups is 2. The first-order valence-corrected chi connectivity index (χ1v) is 10.1. The Balaban J connectivity index is 1.32. The van der Waals surface area contributed by atoms with Crippen LogP contribution in [-0.2, 0) is 16.2 Å². The van der Waals surface area contributed by atoms with E-state index in [1.165, 1.54) is 6.21 Å².